The Morgan fingerprint density at radius 3 is 3.06 bits per heavy atom. The zero-order chi connectivity index (χ0) is 11.1. The monoisotopic (exact) mass is 242 g/mol. The van der Waals surface area contributed by atoms with E-state index in [2.05, 4.69) is 22.0 Å². The molecule has 2 rings (SSSR count). The predicted octanol–water partition coefficient (Wildman–Crippen LogP) is 2.21. The molecule has 0 aromatic heterocycles. The third-order valence-electron chi connectivity index (χ3n) is 3.80. The Hall–Kier alpha value is 0.270. The van der Waals surface area contributed by atoms with Gasteiger partial charge in [0.25, 0.3) is 0 Å². The molecule has 2 heterocycles. The largest absolute Gasteiger partial charge is 0.316 e. The van der Waals surface area contributed by atoms with Gasteiger partial charge in [-0.15, -0.1) is 0 Å². The van der Waals surface area contributed by atoms with Gasteiger partial charge in [0.2, 0.25) is 0 Å². The number of nitrogens with zero attached hydrogens (tertiary/aromatic N) is 1. The summed E-state index contributed by atoms with van der Waals surface area (Å²) in [6, 6.07) is 0. The molecule has 1 N–H and O–H groups in total. The summed E-state index contributed by atoms with van der Waals surface area (Å²) in [4.78, 5) is 2.68. The lowest BCUT2D eigenvalue weighted by Gasteiger charge is -2.24. The lowest BCUT2D eigenvalue weighted by atomic mass is 9.94. The van der Waals surface area contributed by atoms with Crippen LogP contribution in [-0.2, 0) is 0 Å². The quantitative estimate of drug-likeness (QED) is 0.814. The van der Waals surface area contributed by atoms with Gasteiger partial charge in [-0.3, -0.25) is 0 Å². The molecule has 0 bridgehead atoms. The van der Waals surface area contributed by atoms with Crippen LogP contribution in [0.4, 0.5) is 0 Å². The van der Waals surface area contributed by atoms with Gasteiger partial charge in [-0.05, 0) is 70.0 Å². The van der Waals surface area contributed by atoms with Crippen molar-refractivity contribution in [3.8, 4) is 0 Å². The van der Waals surface area contributed by atoms with Gasteiger partial charge in [-0.2, -0.15) is 11.8 Å². The van der Waals surface area contributed by atoms with E-state index in [1.807, 2.05) is 0 Å². The second-order valence-electron chi connectivity index (χ2n) is 5.16. The maximum atomic E-state index is 3.52. The molecular formula is C13H26N2S. The van der Waals surface area contributed by atoms with Crippen LogP contribution in [0.15, 0.2) is 0 Å². The minimum Gasteiger partial charge on any atom is -0.316 e. The van der Waals surface area contributed by atoms with Gasteiger partial charge >= 0.3 is 0 Å². The van der Waals surface area contributed by atoms with Crippen LogP contribution in [0, 0.1) is 5.92 Å². The molecule has 94 valence electrons. The lowest BCUT2D eigenvalue weighted by Crippen LogP contribution is -2.31. The van der Waals surface area contributed by atoms with Crippen LogP contribution in [0.25, 0.3) is 0 Å². The zero-order valence-electron chi connectivity index (χ0n) is 10.4. The fourth-order valence-electron chi connectivity index (χ4n) is 2.80. The maximum Gasteiger partial charge on any atom is 0.00723 e. The van der Waals surface area contributed by atoms with E-state index in [0.717, 1.165) is 5.92 Å². The molecule has 2 saturated heterocycles. The molecule has 1 atom stereocenters. The summed E-state index contributed by atoms with van der Waals surface area (Å²) in [6.07, 6.45) is 7.11. The molecule has 2 nitrogen and oxygen atoms in total. The van der Waals surface area contributed by atoms with Gasteiger partial charge in [0.1, 0.15) is 0 Å². The van der Waals surface area contributed by atoms with E-state index in [0.29, 0.717) is 0 Å². The fourth-order valence-corrected chi connectivity index (χ4v) is 3.72. The fraction of sp³-hybridized carbons (Fsp3) is 1.00. The molecule has 0 aromatic carbocycles. The van der Waals surface area contributed by atoms with Crippen LogP contribution in [0.1, 0.15) is 32.1 Å². The number of hydrogen-bond donors (Lipinski definition) is 1. The molecule has 0 aliphatic carbocycles. The Morgan fingerprint density at radius 1 is 1.19 bits per heavy atom. The Labute approximate surface area is 105 Å². The first kappa shape index (κ1) is 12.7. The number of hydrogen-bond acceptors (Lipinski definition) is 3. The van der Waals surface area contributed by atoms with Crippen molar-refractivity contribution in [2.75, 3.05) is 44.2 Å². The first-order valence-corrected chi connectivity index (χ1v) is 8.11. The zero-order valence-corrected chi connectivity index (χ0v) is 11.2. The van der Waals surface area contributed by atoms with E-state index >= 15 is 0 Å². The Kier molecular flexibility index (Phi) is 6.02. The van der Waals surface area contributed by atoms with Gasteiger partial charge in [-0.25, -0.2) is 0 Å². The standard InChI is InChI=1S/C13H26N2S/c1-4-13(12-14-6-1)5-2-7-15-8-3-10-16-11-9-15/h13-14H,1-12H2. The van der Waals surface area contributed by atoms with Gasteiger partial charge in [-0.1, -0.05) is 0 Å². The van der Waals surface area contributed by atoms with Crippen molar-refractivity contribution in [3.63, 3.8) is 0 Å². The summed E-state index contributed by atoms with van der Waals surface area (Å²) in [6.45, 7) is 6.54. The number of piperidine rings is 1. The Bertz CT molecular complexity index is 173. The first-order chi connectivity index (χ1) is 7.95. The lowest BCUT2D eigenvalue weighted by molar-refractivity contribution is 0.268. The summed E-state index contributed by atoms with van der Waals surface area (Å²) >= 11 is 2.13. The van der Waals surface area contributed by atoms with Crippen molar-refractivity contribution in [2.24, 2.45) is 5.92 Å². The van der Waals surface area contributed by atoms with Crippen LogP contribution in [-0.4, -0.2) is 49.1 Å². The molecule has 1 unspecified atom stereocenters. The maximum absolute atomic E-state index is 3.52. The summed E-state index contributed by atoms with van der Waals surface area (Å²) in [5.41, 5.74) is 0. The number of nitrogens with one attached hydrogen (secondary N) is 1. The van der Waals surface area contributed by atoms with Gasteiger partial charge in [0, 0.05) is 12.3 Å². The molecule has 0 spiro atoms. The highest BCUT2D eigenvalue weighted by Crippen LogP contribution is 2.17. The highest BCUT2D eigenvalue weighted by molar-refractivity contribution is 7.99. The molecule has 3 heteroatoms. The van der Waals surface area contributed by atoms with E-state index < -0.39 is 0 Å². The summed E-state index contributed by atoms with van der Waals surface area (Å²) in [5, 5.41) is 3.52. The normalized spacial score (nSPS) is 28.9. The average Bonchev–Trinajstić information content (AvgIpc) is 2.59. The van der Waals surface area contributed by atoms with E-state index in [-0.39, 0.29) is 0 Å². The van der Waals surface area contributed by atoms with Gasteiger partial charge in [0.05, 0.1) is 0 Å². The van der Waals surface area contributed by atoms with Crippen LogP contribution >= 0.6 is 11.8 Å². The summed E-state index contributed by atoms with van der Waals surface area (Å²) in [5.74, 6) is 3.70. The highest BCUT2D eigenvalue weighted by Gasteiger charge is 2.14. The predicted molar refractivity (Wildman–Crippen MR) is 73.2 cm³/mol. The van der Waals surface area contributed by atoms with E-state index in [1.54, 1.807) is 0 Å². The molecule has 0 saturated carbocycles. The third kappa shape index (κ3) is 4.64. The Balaban J connectivity index is 1.55. The van der Waals surface area contributed by atoms with Crippen LogP contribution in [0.3, 0.4) is 0 Å². The first-order valence-electron chi connectivity index (χ1n) is 6.96. The molecule has 0 radical (unpaired) electrons. The van der Waals surface area contributed by atoms with Crippen molar-refractivity contribution in [2.45, 2.75) is 32.1 Å². The van der Waals surface area contributed by atoms with Gasteiger partial charge < -0.3 is 10.2 Å². The van der Waals surface area contributed by atoms with Crippen LogP contribution in [0.2, 0.25) is 0 Å². The SMILES string of the molecule is C1CNCC(CCCN2CCCSCC2)C1. The molecule has 2 aliphatic rings. The molecule has 2 fully saturated rings. The van der Waals surface area contributed by atoms with E-state index in [9.17, 15) is 0 Å². The molecule has 0 aromatic rings. The highest BCUT2D eigenvalue weighted by atomic mass is 32.2. The van der Waals surface area contributed by atoms with Crippen molar-refractivity contribution in [1.82, 2.24) is 10.2 Å². The van der Waals surface area contributed by atoms with E-state index in [1.165, 1.54) is 76.3 Å². The van der Waals surface area contributed by atoms with Crippen molar-refractivity contribution < 1.29 is 0 Å². The molecule has 0 amide bonds. The van der Waals surface area contributed by atoms with Crippen LogP contribution in [0.5, 0.6) is 0 Å². The van der Waals surface area contributed by atoms with Crippen molar-refractivity contribution >= 4 is 11.8 Å². The van der Waals surface area contributed by atoms with E-state index in [4.69, 9.17) is 0 Å². The smallest absolute Gasteiger partial charge is 0.00723 e. The third-order valence-corrected chi connectivity index (χ3v) is 4.85. The number of rotatable bonds is 4. The summed E-state index contributed by atoms with van der Waals surface area (Å²) in [7, 11) is 0. The second-order valence-corrected chi connectivity index (χ2v) is 6.39. The molecule has 16 heavy (non-hydrogen) atoms. The summed E-state index contributed by atoms with van der Waals surface area (Å²) < 4.78 is 0. The minimum atomic E-state index is 0.968. The topological polar surface area (TPSA) is 15.3 Å². The molecule has 2 aliphatic heterocycles. The van der Waals surface area contributed by atoms with Gasteiger partial charge in [0.15, 0.2) is 0 Å². The number of thioether (sulfide) groups is 1. The van der Waals surface area contributed by atoms with Crippen molar-refractivity contribution in [1.29, 1.82) is 0 Å². The van der Waals surface area contributed by atoms with Crippen LogP contribution < -0.4 is 5.32 Å². The minimum absolute atomic E-state index is 0.968. The average molecular weight is 242 g/mol. The molecular weight excluding hydrogens is 216 g/mol. The second kappa shape index (κ2) is 7.57. The van der Waals surface area contributed by atoms with Crippen molar-refractivity contribution in [3.05, 3.63) is 0 Å². The Morgan fingerprint density at radius 2 is 2.19 bits per heavy atom.